The van der Waals surface area contributed by atoms with Gasteiger partial charge in [-0.05, 0) is 45.4 Å². The number of amides is 1. The second-order valence-corrected chi connectivity index (χ2v) is 6.89. The van der Waals surface area contributed by atoms with Crippen molar-refractivity contribution >= 4 is 11.9 Å². The molecule has 0 aliphatic carbocycles. The summed E-state index contributed by atoms with van der Waals surface area (Å²) in [5.41, 5.74) is 0. The van der Waals surface area contributed by atoms with Crippen LogP contribution < -0.4 is 5.32 Å². The Bertz CT molecular complexity index is 551. The Morgan fingerprint density at radius 1 is 1.00 bits per heavy atom. The number of carboxylic acid groups (broad SMARTS) is 1. The van der Waals surface area contributed by atoms with Crippen molar-refractivity contribution in [2.75, 3.05) is 0 Å². The third kappa shape index (κ3) is 17.6. The first-order valence-electron chi connectivity index (χ1n) is 10.5. The largest absolute Gasteiger partial charge is 0.480 e. The van der Waals surface area contributed by atoms with Crippen molar-refractivity contribution in [2.24, 2.45) is 0 Å². The van der Waals surface area contributed by atoms with Crippen LogP contribution in [0.3, 0.4) is 0 Å². The Labute approximate surface area is 175 Å². The zero-order valence-corrected chi connectivity index (χ0v) is 17.8. The van der Waals surface area contributed by atoms with Crippen LogP contribution >= 0.6 is 0 Å². The first-order chi connectivity index (χ1) is 14.0. The normalized spacial score (nSPS) is 14.3. The zero-order valence-electron chi connectivity index (χ0n) is 17.8. The first-order valence-corrected chi connectivity index (χ1v) is 10.5. The van der Waals surface area contributed by atoms with Crippen LogP contribution in [0.1, 0.15) is 71.6 Å². The van der Waals surface area contributed by atoms with Crippen LogP contribution in [0.5, 0.6) is 0 Å². The van der Waals surface area contributed by atoms with Gasteiger partial charge in [0.2, 0.25) is 5.91 Å². The topological polar surface area (TPSA) is 95.9 Å². The van der Waals surface area contributed by atoms with Gasteiger partial charge in [0.25, 0.3) is 0 Å². The van der Waals surface area contributed by atoms with Crippen molar-refractivity contribution < 1.29 is 24.8 Å². The number of aliphatic carboxylic acids is 1. The molecule has 2 atom stereocenters. The average molecular weight is 408 g/mol. The number of allylic oxidation sites excluding steroid dienone is 6. The zero-order chi connectivity index (χ0) is 21.7. The van der Waals surface area contributed by atoms with E-state index in [9.17, 15) is 9.59 Å². The van der Waals surface area contributed by atoms with Gasteiger partial charge in [-0.15, -0.1) is 0 Å². The van der Waals surface area contributed by atoms with E-state index >= 15 is 0 Å². The number of carboxylic acids is 1. The number of carbonyl (C=O) groups is 2. The van der Waals surface area contributed by atoms with Crippen molar-refractivity contribution in [3.63, 3.8) is 0 Å². The van der Waals surface area contributed by atoms with Gasteiger partial charge in [-0.1, -0.05) is 68.4 Å². The number of rotatable bonds is 17. The minimum atomic E-state index is -1.03. The molecule has 0 radical (unpaired) electrons. The summed E-state index contributed by atoms with van der Waals surface area (Å²) >= 11 is 0. The van der Waals surface area contributed by atoms with Gasteiger partial charge in [-0.25, -0.2) is 4.89 Å². The van der Waals surface area contributed by atoms with Crippen molar-refractivity contribution in [3.05, 3.63) is 48.6 Å². The van der Waals surface area contributed by atoms with Crippen LogP contribution in [0.15, 0.2) is 48.6 Å². The van der Waals surface area contributed by atoms with E-state index in [0.29, 0.717) is 19.3 Å². The van der Waals surface area contributed by atoms with Crippen molar-refractivity contribution in [2.45, 2.75) is 83.8 Å². The van der Waals surface area contributed by atoms with E-state index in [-0.39, 0.29) is 12.0 Å². The highest BCUT2D eigenvalue weighted by molar-refractivity contribution is 5.83. The van der Waals surface area contributed by atoms with Gasteiger partial charge in [0.15, 0.2) is 0 Å². The Hall–Kier alpha value is -2.18. The van der Waals surface area contributed by atoms with Gasteiger partial charge >= 0.3 is 5.97 Å². The van der Waals surface area contributed by atoms with Gasteiger partial charge in [0.05, 0.1) is 0 Å². The van der Waals surface area contributed by atoms with Crippen molar-refractivity contribution in [1.29, 1.82) is 0 Å². The van der Waals surface area contributed by atoms with Crippen LogP contribution in [-0.4, -0.2) is 34.4 Å². The van der Waals surface area contributed by atoms with E-state index < -0.39 is 12.0 Å². The standard InChI is InChI=1S/C23H37NO5/c1-3-4-5-6-11-14-17-21(29-28)18-15-12-9-7-8-10-13-16-19-22(25)24-20(2)23(26)27/h8-12,14-15,18,20-21,28H,3-7,13,16-17,19H2,1-2H3,(H,24,25)(H,26,27)/b10-8-,12-9-,14-11-,18-15+/t20-,21-/m0/s1. The molecule has 0 heterocycles. The van der Waals surface area contributed by atoms with E-state index in [4.69, 9.17) is 10.4 Å². The van der Waals surface area contributed by atoms with E-state index in [1.165, 1.54) is 26.2 Å². The third-order valence-corrected chi connectivity index (χ3v) is 4.18. The second-order valence-electron chi connectivity index (χ2n) is 6.89. The lowest BCUT2D eigenvalue weighted by molar-refractivity contribution is -0.264. The predicted molar refractivity (Wildman–Crippen MR) is 117 cm³/mol. The molecule has 0 aromatic rings. The molecule has 3 N–H and O–H groups in total. The summed E-state index contributed by atoms with van der Waals surface area (Å²) < 4.78 is 0. The lowest BCUT2D eigenvalue weighted by atomic mass is 10.1. The fourth-order valence-electron chi connectivity index (χ4n) is 2.41. The van der Waals surface area contributed by atoms with Gasteiger partial charge in [-0.2, -0.15) is 0 Å². The van der Waals surface area contributed by atoms with Crippen LogP contribution in [-0.2, 0) is 14.5 Å². The summed E-state index contributed by atoms with van der Waals surface area (Å²) in [7, 11) is 0. The highest BCUT2D eigenvalue weighted by atomic mass is 17.1. The summed E-state index contributed by atoms with van der Waals surface area (Å²) in [4.78, 5) is 26.6. The number of hydrogen-bond donors (Lipinski definition) is 3. The number of nitrogens with one attached hydrogen (secondary N) is 1. The van der Waals surface area contributed by atoms with Crippen molar-refractivity contribution in [3.8, 4) is 0 Å². The highest BCUT2D eigenvalue weighted by Gasteiger charge is 2.12. The SMILES string of the molecule is CCCCC/C=C\C[C@@H](/C=C/C=C\C/C=C\CCCC(=O)N[C@@H](C)C(=O)O)OO. The maximum atomic E-state index is 11.5. The van der Waals surface area contributed by atoms with Crippen LogP contribution in [0.4, 0.5) is 0 Å². The highest BCUT2D eigenvalue weighted by Crippen LogP contribution is 2.04. The quantitative estimate of drug-likeness (QED) is 0.101. The second kappa shape index (κ2) is 19.2. The maximum absolute atomic E-state index is 11.5. The molecule has 164 valence electrons. The molecule has 0 aliphatic rings. The summed E-state index contributed by atoms with van der Waals surface area (Å²) in [6, 6.07) is -0.853. The number of unbranched alkanes of at least 4 members (excludes halogenated alkanes) is 4. The fourth-order valence-corrected chi connectivity index (χ4v) is 2.41. The first kappa shape index (κ1) is 26.8. The number of hydrogen-bond acceptors (Lipinski definition) is 4. The van der Waals surface area contributed by atoms with Gasteiger partial charge in [0.1, 0.15) is 12.1 Å². The molecular formula is C23H37NO5. The summed E-state index contributed by atoms with van der Waals surface area (Å²) in [6.07, 6.45) is 23.3. The van der Waals surface area contributed by atoms with E-state index in [0.717, 1.165) is 19.3 Å². The molecule has 6 nitrogen and oxygen atoms in total. The van der Waals surface area contributed by atoms with Gasteiger partial charge < -0.3 is 10.4 Å². The lowest BCUT2D eigenvalue weighted by Crippen LogP contribution is -2.38. The van der Waals surface area contributed by atoms with Crippen LogP contribution in [0, 0.1) is 0 Å². The molecule has 0 saturated heterocycles. The third-order valence-electron chi connectivity index (χ3n) is 4.18. The Kier molecular flexibility index (Phi) is 17.7. The molecule has 0 rings (SSSR count). The molecule has 0 aromatic carbocycles. The molecule has 0 aromatic heterocycles. The fraction of sp³-hybridized carbons (Fsp3) is 0.565. The molecular weight excluding hydrogens is 370 g/mol. The molecule has 0 unspecified atom stereocenters. The average Bonchev–Trinajstić information content (AvgIpc) is 2.70. The minimum absolute atomic E-state index is 0.241. The molecule has 0 spiro atoms. The summed E-state index contributed by atoms with van der Waals surface area (Å²) in [5, 5.41) is 20.1. The van der Waals surface area contributed by atoms with E-state index in [2.05, 4.69) is 23.2 Å². The molecule has 0 aliphatic heterocycles. The molecule has 0 fully saturated rings. The predicted octanol–water partition coefficient (Wildman–Crippen LogP) is 5.19. The lowest BCUT2D eigenvalue weighted by Gasteiger charge is -2.08. The minimum Gasteiger partial charge on any atom is -0.480 e. The molecule has 1 amide bonds. The maximum Gasteiger partial charge on any atom is 0.325 e. The molecule has 6 heteroatoms. The van der Waals surface area contributed by atoms with Gasteiger partial charge in [0, 0.05) is 6.42 Å². The van der Waals surface area contributed by atoms with Crippen LogP contribution in [0.2, 0.25) is 0 Å². The summed E-state index contributed by atoms with van der Waals surface area (Å²) in [6.45, 7) is 3.63. The molecule has 0 saturated carbocycles. The monoisotopic (exact) mass is 407 g/mol. The Morgan fingerprint density at radius 3 is 2.41 bits per heavy atom. The Morgan fingerprint density at radius 2 is 1.72 bits per heavy atom. The Balaban J connectivity index is 3.86. The van der Waals surface area contributed by atoms with E-state index in [1.807, 2.05) is 42.5 Å². The molecule has 0 bridgehead atoms. The molecule has 29 heavy (non-hydrogen) atoms. The smallest absolute Gasteiger partial charge is 0.325 e. The van der Waals surface area contributed by atoms with Crippen molar-refractivity contribution in [1.82, 2.24) is 5.32 Å². The van der Waals surface area contributed by atoms with E-state index in [1.54, 1.807) is 0 Å². The van der Waals surface area contributed by atoms with Crippen LogP contribution in [0.25, 0.3) is 0 Å². The van der Waals surface area contributed by atoms with Gasteiger partial charge in [-0.3, -0.25) is 14.8 Å². The number of carbonyl (C=O) groups excluding carboxylic acids is 1. The summed E-state index contributed by atoms with van der Waals surface area (Å²) in [5.74, 6) is -1.27.